The first-order chi connectivity index (χ1) is 12.2. The summed E-state index contributed by atoms with van der Waals surface area (Å²) < 4.78 is 0. The van der Waals surface area contributed by atoms with Crippen LogP contribution in [-0.2, 0) is 0 Å². The molecule has 0 spiro atoms. The second-order valence-electron chi connectivity index (χ2n) is 7.10. The minimum Gasteiger partial charge on any atom is -0.395 e. The van der Waals surface area contributed by atoms with Crippen LogP contribution in [0.5, 0.6) is 0 Å². The van der Waals surface area contributed by atoms with Gasteiger partial charge in [-0.3, -0.25) is 14.6 Å². The van der Waals surface area contributed by atoms with Gasteiger partial charge in [-0.25, -0.2) is 0 Å². The summed E-state index contributed by atoms with van der Waals surface area (Å²) in [5.41, 5.74) is 1.99. The van der Waals surface area contributed by atoms with E-state index in [0.717, 1.165) is 64.5 Å². The molecule has 2 aliphatic heterocycles. The van der Waals surface area contributed by atoms with Crippen LogP contribution in [0.2, 0.25) is 0 Å². The number of Topliss-reactive ketones (excluding diaryl/α,β-unsaturated/α-hetero) is 1. The van der Waals surface area contributed by atoms with E-state index in [-0.39, 0.29) is 12.4 Å². The molecule has 1 aromatic rings. The van der Waals surface area contributed by atoms with Gasteiger partial charge in [0.2, 0.25) is 0 Å². The maximum absolute atomic E-state index is 12.5. The average molecular weight is 346 g/mol. The third kappa shape index (κ3) is 5.01. The summed E-state index contributed by atoms with van der Waals surface area (Å²) in [6.07, 6.45) is 0. The smallest absolute Gasteiger partial charge is 0.176 e. The molecule has 0 aliphatic carbocycles. The van der Waals surface area contributed by atoms with Crippen LogP contribution in [0.4, 0.5) is 5.69 Å². The van der Waals surface area contributed by atoms with Gasteiger partial charge in [-0.05, 0) is 31.3 Å². The number of ketones is 1. The van der Waals surface area contributed by atoms with Gasteiger partial charge in [0.15, 0.2) is 5.78 Å². The average Bonchev–Trinajstić information content (AvgIpc) is 2.65. The zero-order valence-corrected chi connectivity index (χ0v) is 15.2. The summed E-state index contributed by atoms with van der Waals surface area (Å²) in [4.78, 5) is 21.7. The Morgan fingerprint density at radius 3 is 2.12 bits per heavy atom. The molecule has 0 unspecified atom stereocenters. The summed E-state index contributed by atoms with van der Waals surface area (Å²) in [6.45, 7) is 9.41. The Bertz CT molecular complexity index is 547. The summed E-state index contributed by atoms with van der Waals surface area (Å²) in [7, 11) is 2.13. The Labute approximate surface area is 150 Å². The van der Waals surface area contributed by atoms with E-state index in [2.05, 4.69) is 38.8 Å². The van der Waals surface area contributed by atoms with Gasteiger partial charge < -0.3 is 14.9 Å². The molecule has 0 aromatic heterocycles. The maximum Gasteiger partial charge on any atom is 0.176 e. The molecule has 2 fully saturated rings. The Morgan fingerprint density at radius 2 is 1.52 bits per heavy atom. The number of anilines is 1. The zero-order chi connectivity index (χ0) is 17.6. The van der Waals surface area contributed by atoms with Gasteiger partial charge in [0.25, 0.3) is 0 Å². The third-order valence-corrected chi connectivity index (χ3v) is 5.31. The van der Waals surface area contributed by atoms with Crippen molar-refractivity contribution in [2.75, 3.05) is 84.0 Å². The molecular weight excluding hydrogens is 316 g/mol. The van der Waals surface area contributed by atoms with Gasteiger partial charge >= 0.3 is 0 Å². The van der Waals surface area contributed by atoms with Gasteiger partial charge in [0, 0.05) is 70.2 Å². The number of β-amino-alcohol motifs (C(OH)–C–C–N with tert-alkyl or cyclic N) is 1. The Kier molecular flexibility index (Phi) is 6.42. The summed E-state index contributed by atoms with van der Waals surface area (Å²) in [6, 6.07) is 8.07. The Morgan fingerprint density at radius 1 is 0.920 bits per heavy atom. The molecule has 3 rings (SSSR count). The quantitative estimate of drug-likeness (QED) is 0.745. The van der Waals surface area contributed by atoms with Gasteiger partial charge in [-0.1, -0.05) is 0 Å². The number of aliphatic hydroxyl groups excluding tert-OH is 1. The van der Waals surface area contributed by atoms with E-state index in [0.29, 0.717) is 6.54 Å². The van der Waals surface area contributed by atoms with Crippen molar-refractivity contribution >= 4 is 11.5 Å². The molecule has 138 valence electrons. The van der Waals surface area contributed by atoms with Crippen molar-refractivity contribution in [3.8, 4) is 0 Å². The second-order valence-corrected chi connectivity index (χ2v) is 7.10. The van der Waals surface area contributed by atoms with Gasteiger partial charge in [-0.15, -0.1) is 0 Å². The lowest BCUT2D eigenvalue weighted by atomic mass is 10.1. The first-order valence-corrected chi connectivity index (χ1v) is 9.28. The highest BCUT2D eigenvalue weighted by Gasteiger charge is 2.19. The topological polar surface area (TPSA) is 50.3 Å². The molecule has 6 nitrogen and oxygen atoms in total. The molecule has 2 heterocycles. The van der Waals surface area contributed by atoms with E-state index < -0.39 is 0 Å². The Hall–Kier alpha value is -1.47. The predicted octanol–water partition coefficient (Wildman–Crippen LogP) is 0.231. The number of aliphatic hydroxyl groups is 1. The van der Waals surface area contributed by atoms with Crippen LogP contribution in [0.1, 0.15) is 10.4 Å². The molecule has 6 heteroatoms. The first-order valence-electron chi connectivity index (χ1n) is 9.28. The van der Waals surface area contributed by atoms with Crippen molar-refractivity contribution in [2.24, 2.45) is 0 Å². The van der Waals surface area contributed by atoms with Gasteiger partial charge in [0.1, 0.15) is 0 Å². The van der Waals surface area contributed by atoms with Crippen LogP contribution in [-0.4, -0.2) is 105 Å². The fraction of sp³-hybridized carbons (Fsp3) is 0.632. The van der Waals surface area contributed by atoms with Crippen molar-refractivity contribution in [1.82, 2.24) is 14.7 Å². The van der Waals surface area contributed by atoms with Crippen molar-refractivity contribution in [2.45, 2.75) is 0 Å². The predicted molar refractivity (Wildman–Crippen MR) is 100 cm³/mol. The van der Waals surface area contributed by atoms with E-state index in [1.165, 1.54) is 5.69 Å². The van der Waals surface area contributed by atoms with Crippen LogP contribution < -0.4 is 4.90 Å². The molecule has 25 heavy (non-hydrogen) atoms. The molecule has 2 saturated heterocycles. The number of benzene rings is 1. The lowest BCUT2D eigenvalue weighted by Crippen LogP contribution is -2.47. The van der Waals surface area contributed by atoms with Crippen molar-refractivity contribution < 1.29 is 9.90 Å². The molecule has 2 aliphatic rings. The normalized spacial score (nSPS) is 20.8. The molecule has 0 bridgehead atoms. The summed E-state index contributed by atoms with van der Waals surface area (Å²) in [5.74, 6) is 0.212. The fourth-order valence-corrected chi connectivity index (χ4v) is 3.53. The molecule has 0 atom stereocenters. The van der Waals surface area contributed by atoms with Crippen molar-refractivity contribution in [1.29, 1.82) is 0 Å². The number of carbonyl (C=O) groups excluding carboxylic acids is 1. The van der Waals surface area contributed by atoms with Crippen molar-refractivity contribution in [3.63, 3.8) is 0 Å². The van der Waals surface area contributed by atoms with Crippen LogP contribution in [0.15, 0.2) is 24.3 Å². The monoisotopic (exact) mass is 346 g/mol. The first kappa shape index (κ1) is 18.3. The molecule has 1 N–H and O–H groups in total. The lowest BCUT2D eigenvalue weighted by molar-refractivity contribution is 0.0876. The Balaban J connectivity index is 1.51. The minimum absolute atomic E-state index is 0.212. The zero-order valence-electron chi connectivity index (χ0n) is 15.2. The van der Waals surface area contributed by atoms with E-state index in [9.17, 15) is 4.79 Å². The molecule has 0 amide bonds. The number of hydrogen-bond acceptors (Lipinski definition) is 6. The van der Waals surface area contributed by atoms with Gasteiger partial charge in [-0.2, -0.15) is 0 Å². The fourth-order valence-electron chi connectivity index (χ4n) is 3.53. The molecule has 0 radical (unpaired) electrons. The van der Waals surface area contributed by atoms with Crippen molar-refractivity contribution in [3.05, 3.63) is 29.8 Å². The number of rotatable bonds is 6. The minimum atomic E-state index is 0.212. The number of hydrogen-bond donors (Lipinski definition) is 1. The van der Waals surface area contributed by atoms with E-state index in [4.69, 9.17) is 5.11 Å². The third-order valence-electron chi connectivity index (χ3n) is 5.31. The van der Waals surface area contributed by atoms with Gasteiger partial charge in [0.05, 0.1) is 13.2 Å². The largest absolute Gasteiger partial charge is 0.395 e. The van der Waals surface area contributed by atoms with Crippen LogP contribution in [0, 0.1) is 0 Å². The number of nitrogens with zero attached hydrogens (tertiary/aromatic N) is 4. The maximum atomic E-state index is 12.5. The van der Waals surface area contributed by atoms with Crippen LogP contribution in [0.3, 0.4) is 0 Å². The highest BCUT2D eigenvalue weighted by atomic mass is 16.3. The van der Waals surface area contributed by atoms with E-state index in [1.807, 2.05) is 12.1 Å². The van der Waals surface area contributed by atoms with Crippen LogP contribution >= 0.6 is 0 Å². The summed E-state index contributed by atoms with van der Waals surface area (Å²) in [5, 5.41) is 9.02. The highest BCUT2D eigenvalue weighted by molar-refractivity contribution is 5.97. The van der Waals surface area contributed by atoms with E-state index in [1.54, 1.807) is 0 Å². The van der Waals surface area contributed by atoms with E-state index >= 15 is 0 Å². The molecular formula is C19H30N4O2. The lowest BCUT2D eigenvalue weighted by Gasteiger charge is -2.35. The summed E-state index contributed by atoms with van der Waals surface area (Å²) >= 11 is 0. The number of piperazine rings is 2. The number of carbonyl (C=O) groups is 1. The van der Waals surface area contributed by atoms with Crippen LogP contribution in [0.25, 0.3) is 0 Å². The highest BCUT2D eigenvalue weighted by Crippen LogP contribution is 2.18. The number of likely N-dealkylation sites (N-methyl/N-ethyl adjacent to an activating group) is 1. The second kappa shape index (κ2) is 8.76. The SMILES string of the molecule is CN1CCN(CC(=O)c2ccc(N3CCN(CCO)CC3)cc2)CC1. The molecule has 1 aromatic carbocycles. The standard InChI is InChI=1S/C19H30N4O2/c1-20-6-8-22(9-7-20)16-19(25)17-2-4-18(5-3-17)23-12-10-21(11-13-23)14-15-24/h2-5,24H,6-16H2,1H3. The molecule has 0 saturated carbocycles.